The molecule has 2 rings (SSSR count). The number of benzene rings is 2. The first-order chi connectivity index (χ1) is 13.7. The van der Waals surface area contributed by atoms with Crippen LogP contribution in [-0.4, -0.2) is 18.5 Å². The summed E-state index contributed by atoms with van der Waals surface area (Å²) in [7, 11) is 0. The predicted molar refractivity (Wildman–Crippen MR) is 99.8 cm³/mol. The zero-order valence-electron chi connectivity index (χ0n) is 15.2. The van der Waals surface area contributed by atoms with E-state index >= 15 is 0 Å². The van der Waals surface area contributed by atoms with Gasteiger partial charge in [-0.05, 0) is 43.3 Å². The van der Waals surface area contributed by atoms with Crippen LogP contribution in [0.15, 0.2) is 60.3 Å². The van der Waals surface area contributed by atoms with Crippen LogP contribution in [0.4, 0.5) is 24.5 Å². The van der Waals surface area contributed by atoms with Crippen molar-refractivity contribution >= 4 is 23.3 Å². The van der Waals surface area contributed by atoms with Gasteiger partial charge in [-0.2, -0.15) is 18.4 Å². The number of amides is 1. The van der Waals surface area contributed by atoms with Crippen LogP contribution < -0.4 is 10.6 Å². The number of halogens is 3. The van der Waals surface area contributed by atoms with Gasteiger partial charge in [0.1, 0.15) is 6.07 Å². The summed E-state index contributed by atoms with van der Waals surface area (Å²) in [4.78, 5) is 23.9. The van der Waals surface area contributed by atoms with E-state index in [2.05, 4.69) is 10.6 Å². The van der Waals surface area contributed by atoms with Crippen LogP contribution in [0.2, 0.25) is 0 Å². The van der Waals surface area contributed by atoms with Crippen LogP contribution >= 0.6 is 0 Å². The molecule has 0 fully saturated rings. The Morgan fingerprint density at radius 3 is 2.48 bits per heavy atom. The maximum Gasteiger partial charge on any atom is 0.416 e. The summed E-state index contributed by atoms with van der Waals surface area (Å²) >= 11 is 0. The molecule has 1 amide bonds. The van der Waals surface area contributed by atoms with E-state index in [1.54, 1.807) is 19.1 Å². The molecule has 0 aliphatic carbocycles. The van der Waals surface area contributed by atoms with E-state index in [-0.39, 0.29) is 23.4 Å². The monoisotopic (exact) mass is 403 g/mol. The zero-order chi connectivity index (χ0) is 21.4. The molecule has 150 valence electrons. The highest BCUT2D eigenvalue weighted by molar-refractivity contribution is 6.04. The lowest BCUT2D eigenvalue weighted by atomic mass is 10.1. The molecule has 2 aromatic carbocycles. The van der Waals surface area contributed by atoms with Crippen molar-refractivity contribution in [2.45, 2.75) is 13.1 Å². The van der Waals surface area contributed by atoms with Crippen molar-refractivity contribution < 1.29 is 27.5 Å². The lowest BCUT2D eigenvalue weighted by molar-refractivity contribution is -0.138. The summed E-state index contributed by atoms with van der Waals surface area (Å²) in [5, 5.41) is 14.1. The van der Waals surface area contributed by atoms with Crippen molar-refractivity contribution in [3.05, 3.63) is 71.4 Å². The number of esters is 1. The highest BCUT2D eigenvalue weighted by atomic mass is 19.4. The highest BCUT2D eigenvalue weighted by Crippen LogP contribution is 2.30. The van der Waals surface area contributed by atoms with Crippen molar-refractivity contribution in [1.82, 2.24) is 0 Å². The number of rotatable bonds is 6. The third-order valence-electron chi connectivity index (χ3n) is 3.57. The fourth-order valence-corrected chi connectivity index (χ4v) is 2.23. The molecule has 2 N–H and O–H groups in total. The molecule has 2 aromatic rings. The molecule has 0 atom stereocenters. The zero-order valence-corrected chi connectivity index (χ0v) is 15.2. The molecule has 0 heterocycles. The summed E-state index contributed by atoms with van der Waals surface area (Å²) in [6, 6.07) is 12.0. The fourth-order valence-electron chi connectivity index (χ4n) is 2.23. The molecule has 0 saturated heterocycles. The minimum Gasteiger partial charge on any atom is -0.462 e. The standard InChI is InChI=1S/C20H16F3N3O3/c1-2-29-19(28)14(11-24)12-25-16-7-3-5-13(9-16)18(27)26-17-8-4-6-15(10-17)20(21,22)23/h3-10,12,25H,2H2,1H3,(H,26,27)/b14-12-. The van der Waals surface area contributed by atoms with E-state index in [0.717, 1.165) is 18.3 Å². The number of nitrogens with one attached hydrogen (secondary N) is 2. The van der Waals surface area contributed by atoms with Gasteiger partial charge in [0.2, 0.25) is 0 Å². The van der Waals surface area contributed by atoms with E-state index in [0.29, 0.717) is 5.69 Å². The van der Waals surface area contributed by atoms with Crippen LogP contribution in [-0.2, 0) is 15.7 Å². The largest absolute Gasteiger partial charge is 0.462 e. The van der Waals surface area contributed by atoms with Gasteiger partial charge in [0, 0.05) is 23.1 Å². The molecule has 0 saturated carbocycles. The van der Waals surface area contributed by atoms with Crippen LogP contribution in [0.5, 0.6) is 0 Å². The van der Waals surface area contributed by atoms with Gasteiger partial charge in [0.15, 0.2) is 5.57 Å². The van der Waals surface area contributed by atoms with Gasteiger partial charge in [-0.3, -0.25) is 4.79 Å². The fraction of sp³-hybridized carbons (Fsp3) is 0.150. The molecule has 0 spiro atoms. The lowest BCUT2D eigenvalue weighted by Gasteiger charge is -2.10. The number of carbonyl (C=O) groups is 2. The second kappa shape index (κ2) is 9.41. The number of hydrogen-bond acceptors (Lipinski definition) is 5. The maximum atomic E-state index is 12.8. The smallest absolute Gasteiger partial charge is 0.416 e. The molecule has 0 bridgehead atoms. The lowest BCUT2D eigenvalue weighted by Crippen LogP contribution is -2.13. The van der Waals surface area contributed by atoms with Crippen molar-refractivity contribution in [3.8, 4) is 6.07 Å². The quantitative estimate of drug-likeness (QED) is 0.425. The first-order valence-corrected chi connectivity index (χ1v) is 8.37. The predicted octanol–water partition coefficient (Wildman–Crippen LogP) is 4.34. The van der Waals surface area contributed by atoms with Crippen LogP contribution in [0.3, 0.4) is 0 Å². The SMILES string of the molecule is CCOC(=O)/C(C#N)=C\Nc1cccc(C(=O)Nc2cccc(C(F)(F)F)c2)c1. The summed E-state index contributed by atoms with van der Waals surface area (Å²) in [5.41, 5.74) is -0.587. The van der Waals surface area contributed by atoms with Crippen LogP contribution in [0.25, 0.3) is 0 Å². The Morgan fingerprint density at radius 2 is 1.83 bits per heavy atom. The second-order valence-electron chi connectivity index (χ2n) is 5.65. The molecule has 0 aromatic heterocycles. The maximum absolute atomic E-state index is 12.8. The van der Waals surface area contributed by atoms with Crippen LogP contribution in [0.1, 0.15) is 22.8 Å². The van der Waals surface area contributed by atoms with Gasteiger partial charge in [-0.15, -0.1) is 0 Å². The molecule has 0 radical (unpaired) electrons. The average Bonchev–Trinajstić information content (AvgIpc) is 2.68. The Labute approximate surface area is 164 Å². The van der Waals surface area contributed by atoms with E-state index in [1.807, 2.05) is 0 Å². The van der Waals surface area contributed by atoms with Gasteiger partial charge in [-0.25, -0.2) is 4.79 Å². The topological polar surface area (TPSA) is 91.2 Å². The average molecular weight is 403 g/mol. The number of ether oxygens (including phenoxy) is 1. The molecule has 9 heteroatoms. The second-order valence-corrected chi connectivity index (χ2v) is 5.65. The summed E-state index contributed by atoms with van der Waals surface area (Å²) in [6.45, 7) is 1.72. The highest BCUT2D eigenvalue weighted by Gasteiger charge is 2.30. The molecule has 0 aliphatic rings. The number of alkyl halides is 3. The Bertz CT molecular complexity index is 979. The minimum atomic E-state index is -4.52. The van der Waals surface area contributed by atoms with Gasteiger partial charge in [0.05, 0.1) is 12.2 Å². The van der Waals surface area contributed by atoms with E-state index in [1.165, 1.54) is 30.3 Å². The van der Waals surface area contributed by atoms with Gasteiger partial charge in [0.25, 0.3) is 5.91 Å². The number of carbonyl (C=O) groups excluding carboxylic acids is 2. The number of nitrogens with zero attached hydrogens (tertiary/aromatic N) is 1. The Morgan fingerprint density at radius 1 is 1.14 bits per heavy atom. The van der Waals surface area contributed by atoms with Crippen molar-refractivity contribution in [2.24, 2.45) is 0 Å². The first kappa shape index (κ1) is 21.5. The molecule has 6 nitrogen and oxygen atoms in total. The Hall–Kier alpha value is -3.80. The Kier molecular flexibility index (Phi) is 6.98. The summed E-state index contributed by atoms with van der Waals surface area (Å²) in [6.07, 6.45) is -3.38. The van der Waals surface area contributed by atoms with Crippen molar-refractivity contribution in [3.63, 3.8) is 0 Å². The molecule has 0 aliphatic heterocycles. The summed E-state index contributed by atoms with van der Waals surface area (Å²) in [5.74, 6) is -1.41. The van der Waals surface area contributed by atoms with Crippen molar-refractivity contribution in [1.29, 1.82) is 5.26 Å². The number of hydrogen-bond donors (Lipinski definition) is 2. The first-order valence-electron chi connectivity index (χ1n) is 8.37. The minimum absolute atomic E-state index is 0.00263. The molecule has 29 heavy (non-hydrogen) atoms. The van der Waals surface area contributed by atoms with Crippen molar-refractivity contribution in [2.75, 3.05) is 17.2 Å². The van der Waals surface area contributed by atoms with Gasteiger partial charge in [-0.1, -0.05) is 12.1 Å². The summed E-state index contributed by atoms with van der Waals surface area (Å²) < 4.78 is 43.1. The van der Waals surface area contributed by atoms with E-state index < -0.39 is 23.6 Å². The number of anilines is 2. The Balaban J connectivity index is 2.14. The van der Waals surface area contributed by atoms with Gasteiger partial charge < -0.3 is 15.4 Å². The van der Waals surface area contributed by atoms with Gasteiger partial charge >= 0.3 is 12.1 Å². The van der Waals surface area contributed by atoms with E-state index in [4.69, 9.17) is 10.00 Å². The third kappa shape index (κ3) is 6.10. The third-order valence-corrected chi connectivity index (χ3v) is 3.57. The van der Waals surface area contributed by atoms with E-state index in [9.17, 15) is 22.8 Å². The normalized spacial score (nSPS) is 11.3. The van der Waals surface area contributed by atoms with Crippen LogP contribution in [0, 0.1) is 11.3 Å². The molecular weight excluding hydrogens is 387 g/mol. The molecular formula is C20H16F3N3O3. The molecule has 0 unspecified atom stereocenters. The number of nitriles is 1.